The van der Waals surface area contributed by atoms with E-state index >= 15 is 0 Å². The summed E-state index contributed by atoms with van der Waals surface area (Å²) in [6.45, 7) is 5.55. The van der Waals surface area contributed by atoms with E-state index in [1.54, 1.807) is 0 Å². The molecular formula is C14H15N3O3. The van der Waals surface area contributed by atoms with Crippen LogP contribution in [-0.4, -0.2) is 16.8 Å². The van der Waals surface area contributed by atoms with Crippen LogP contribution in [0.4, 0.5) is 5.69 Å². The zero-order valence-electron chi connectivity index (χ0n) is 11.5. The lowest BCUT2D eigenvalue weighted by atomic mass is 9.88. The average Bonchev–Trinajstić information content (AvgIpc) is 2.78. The fourth-order valence-corrected chi connectivity index (χ4v) is 2.58. The van der Waals surface area contributed by atoms with Crippen molar-refractivity contribution in [3.63, 3.8) is 0 Å². The predicted molar refractivity (Wildman–Crippen MR) is 73.3 cm³/mol. The molecule has 1 aromatic carbocycles. The van der Waals surface area contributed by atoms with Gasteiger partial charge in [-0.25, -0.2) is 10.7 Å². The van der Waals surface area contributed by atoms with E-state index in [1.807, 2.05) is 26.0 Å². The summed E-state index contributed by atoms with van der Waals surface area (Å²) in [6.07, 6.45) is 0. The van der Waals surface area contributed by atoms with Crippen LogP contribution >= 0.6 is 0 Å². The smallest absolute Gasteiger partial charge is 0.153 e. The van der Waals surface area contributed by atoms with E-state index in [2.05, 4.69) is 15.5 Å². The van der Waals surface area contributed by atoms with E-state index in [4.69, 9.17) is 10.5 Å². The Morgan fingerprint density at radius 3 is 2.85 bits per heavy atom. The maximum atomic E-state index is 11.6. The van der Waals surface area contributed by atoms with Gasteiger partial charge in [0.2, 0.25) is 0 Å². The summed E-state index contributed by atoms with van der Waals surface area (Å²) in [5.74, 6) is -1.09. The van der Waals surface area contributed by atoms with E-state index in [9.17, 15) is 4.79 Å². The van der Waals surface area contributed by atoms with Crippen LogP contribution in [0.2, 0.25) is 0 Å². The van der Waals surface area contributed by atoms with Crippen molar-refractivity contribution in [3.05, 3.63) is 28.3 Å². The van der Waals surface area contributed by atoms with Gasteiger partial charge >= 0.3 is 0 Å². The first-order valence-corrected chi connectivity index (χ1v) is 6.15. The summed E-state index contributed by atoms with van der Waals surface area (Å²) in [6, 6.07) is 3.91. The highest BCUT2D eigenvalue weighted by Gasteiger charge is 2.30. The fraction of sp³-hybridized carbons (Fsp3) is 0.357. The summed E-state index contributed by atoms with van der Waals surface area (Å²) < 4.78 is 0. The number of ketones is 1. The van der Waals surface area contributed by atoms with Crippen LogP contribution in [0.5, 0.6) is 0 Å². The molecule has 1 aromatic rings. The lowest BCUT2D eigenvalue weighted by Gasteiger charge is -2.16. The van der Waals surface area contributed by atoms with E-state index in [0.29, 0.717) is 17.9 Å². The second-order valence-electron chi connectivity index (χ2n) is 4.80. The molecule has 0 saturated carbocycles. The molecule has 1 aliphatic rings. The highest BCUT2D eigenvalue weighted by molar-refractivity contribution is 6.17. The molecule has 1 aliphatic heterocycles. The normalized spacial score (nSPS) is 14.2. The zero-order chi connectivity index (χ0) is 14.9. The SMILES string of the molecule is CC(=O)C(C#N)C1=NCc2cc(C)c(NOO)c(C)c21. The van der Waals surface area contributed by atoms with Crippen LogP contribution in [0.15, 0.2) is 11.1 Å². The molecule has 104 valence electrons. The Kier molecular flexibility index (Phi) is 3.84. The molecule has 0 aromatic heterocycles. The molecule has 1 heterocycles. The maximum absolute atomic E-state index is 11.6. The molecule has 20 heavy (non-hydrogen) atoms. The first kappa shape index (κ1) is 14.2. The number of nitrogens with zero attached hydrogens (tertiary/aromatic N) is 2. The molecule has 6 nitrogen and oxygen atoms in total. The molecular weight excluding hydrogens is 258 g/mol. The van der Waals surface area contributed by atoms with Gasteiger partial charge in [0, 0.05) is 5.56 Å². The Hall–Kier alpha value is -2.23. The van der Waals surface area contributed by atoms with Crippen molar-refractivity contribution in [1.82, 2.24) is 0 Å². The van der Waals surface area contributed by atoms with Crippen LogP contribution in [0, 0.1) is 31.1 Å². The highest BCUT2D eigenvalue weighted by atomic mass is 17.2. The third-order valence-corrected chi connectivity index (χ3v) is 3.49. The van der Waals surface area contributed by atoms with Gasteiger partial charge in [0.25, 0.3) is 0 Å². The first-order chi connectivity index (χ1) is 9.51. The van der Waals surface area contributed by atoms with Crippen molar-refractivity contribution in [2.75, 3.05) is 5.48 Å². The minimum absolute atomic E-state index is 0.230. The molecule has 2 N–H and O–H groups in total. The lowest BCUT2D eigenvalue weighted by Crippen LogP contribution is -2.21. The molecule has 0 radical (unpaired) electrons. The van der Waals surface area contributed by atoms with Gasteiger partial charge in [0.1, 0.15) is 5.92 Å². The lowest BCUT2D eigenvalue weighted by molar-refractivity contribution is -0.215. The van der Waals surface area contributed by atoms with Gasteiger partial charge in [-0.2, -0.15) is 5.26 Å². The van der Waals surface area contributed by atoms with E-state index in [0.717, 1.165) is 22.3 Å². The summed E-state index contributed by atoms with van der Waals surface area (Å²) in [5.41, 5.74) is 6.97. The van der Waals surface area contributed by atoms with Crippen molar-refractivity contribution in [3.8, 4) is 6.07 Å². The zero-order valence-corrected chi connectivity index (χ0v) is 11.5. The largest absolute Gasteiger partial charge is 0.298 e. The molecule has 0 spiro atoms. The van der Waals surface area contributed by atoms with Crippen molar-refractivity contribution >= 4 is 17.2 Å². The van der Waals surface area contributed by atoms with Crippen LogP contribution in [-0.2, 0) is 16.3 Å². The minimum Gasteiger partial charge on any atom is -0.298 e. The van der Waals surface area contributed by atoms with Gasteiger partial charge in [0.15, 0.2) is 5.78 Å². The molecule has 1 atom stereocenters. The molecule has 0 saturated heterocycles. The number of Topliss-reactive ketones (excluding diaryl/α,β-unsaturated/α-hetero) is 1. The second kappa shape index (κ2) is 5.41. The van der Waals surface area contributed by atoms with E-state index in [1.165, 1.54) is 6.92 Å². The molecule has 2 rings (SSSR count). The molecule has 0 amide bonds. The predicted octanol–water partition coefficient (Wildman–Crippen LogP) is 2.15. The Morgan fingerprint density at radius 2 is 2.30 bits per heavy atom. The van der Waals surface area contributed by atoms with E-state index < -0.39 is 5.92 Å². The van der Waals surface area contributed by atoms with Gasteiger partial charge in [0.05, 0.1) is 24.0 Å². The number of aliphatic imine (C=N–C) groups is 1. The molecule has 0 bridgehead atoms. The van der Waals surface area contributed by atoms with Crippen molar-refractivity contribution in [2.45, 2.75) is 27.3 Å². The van der Waals surface area contributed by atoms with Crippen LogP contribution in [0.25, 0.3) is 0 Å². The van der Waals surface area contributed by atoms with E-state index in [-0.39, 0.29) is 5.78 Å². The Labute approximate surface area is 116 Å². The Balaban J connectivity index is 2.58. The molecule has 0 aliphatic carbocycles. The number of nitrogens with one attached hydrogen (secondary N) is 1. The van der Waals surface area contributed by atoms with Gasteiger partial charge in [-0.1, -0.05) is 6.07 Å². The number of aryl methyl sites for hydroxylation is 1. The number of hydrogen-bond donors (Lipinski definition) is 2. The summed E-state index contributed by atoms with van der Waals surface area (Å²) in [5, 5.41) is 17.7. The molecule has 1 unspecified atom stereocenters. The second-order valence-corrected chi connectivity index (χ2v) is 4.80. The first-order valence-electron chi connectivity index (χ1n) is 6.15. The number of benzene rings is 1. The number of fused-ring (bicyclic) bond motifs is 1. The van der Waals surface area contributed by atoms with Crippen LogP contribution < -0.4 is 5.48 Å². The average molecular weight is 273 g/mol. The number of carbonyl (C=O) groups is 1. The van der Waals surface area contributed by atoms with Gasteiger partial charge < -0.3 is 0 Å². The molecule has 0 fully saturated rings. The third kappa shape index (κ3) is 2.18. The number of carbonyl (C=O) groups excluding carboxylic acids is 1. The number of anilines is 1. The quantitative estimate of drug-likeness (QED) is 0.647. The summed E-state index contributed by atoms with van der Waals surface area (Å²) >= 11 is 0. The minimum atomic E-state index is -0.861. The fourth-order valence-electron chi connectivity index (χ4n) is 2.58. The topological polar surface area (TPSA) is 94.7 Å². The molecule has 6 heteroatoms. The summed E-state index contributed by atoms with van der Waals surface area (Å²) in [4.78, 5) is 19.9. The van der Waals surface area contributed by atoms with Gasteiger partial charge in [-0.3, -0.25) is 9.79 Å². The highest BCUT2D eigenvalue weighted by Crippen LogP contribution is 2.33. The van der Waals surface area contributed by atoms with Gasteiger partial charge in [-0.15, -0.1) is 4.99 Å². The van der Waals surface area contributed by atoms with Crippen LogP contribution in [0.3, 0.4) is 0 Å². The number of hydrogen-bond acceptors (Lipinski definition) is 6. The Morgan fingerprint density at radius 1 is 1.60 bits per heavy atom. The van der Waals surface area contributed by atoms with Crippen molar-refractivity contribution in [1.29, 1.82) is 5.26 Å². The van der Waals surface area contributed by atoms with Crippen LogP contribution in [0.1, 0.15) is 29.2 Å². The standard InChI is InChI=1S/C14H15N3O3/c1-7-4-10-6-16-14(11(5-15)9(3)18)12(10)8(2)13(7)17-20-19/h4,11,17,19H,6H2,1-3H3. The number of rotatable bonds is 4. The number of nitriles is 1. The summed E-state index contributed by atoms with van der Waals surface area (Å²) in [7, 11) is 0. The van der Waals surface area contributed by atoms with Crippen molar-refractivity contribution in [2.24, 2.45) is 10.9 Å². The monoisotopic (exact) mass is 273 g/mol. The Bertz CT molecular complexity index is 644. The maximum Gasteiger partial charge on any atom is 0.153 e. The van der Waals surface area contributed by atoms with Gasteiger partial charge in [-0.05, 0) is 37.5 Å². The van der Waals surface area contributed by atoms with Crippen molar-refractivity contribution < 1.29 is 15.0 Å². The third-order valence-electron chi connectivity index (χ3n) is 3.49.